The highest BCUT2D eigenvalue weighted by atomic mass is 35.5. The summed E-state index contributed by atoms with van der Waals surface area (Å²) in [6.07, 6.45) is 1.38. The lowest BCUT2D eigenvalue weighted by atomic mass is 10.0. The van der Waals surface area contributed by atoms with Crippen LogP contribution in [0.4, 0.5) is 11.4 Å². The highest BCUT2D eigenvalue weighted by Gasteiger charge is 2.38. The van der Waals surface area contributed by atoms with Crippen LogP contribution < -0.4 is 4.90 Å². The molecule has 0 spiro atoms. The van der Waals surface area contributed by atoms with Crippen LogP contribution in [0, 0.1) is 10.1 Å². The highest BCUT2D eigenvalue weighted by Crippen LogP contribution is 2.37. The number of allylic oxidation sites excluding steroid dienone is 1. The number of halogens is 1. The number of anilines is 1. The fourth-order valence-electron chi connectivity index (χ4n) is 3.41. The fraction of sp³-hybridized carbons (Fsp3) is 0.217. The number of nitrogens with zero attached hydrogens (tertiary/aromatic N) is 2. The molecule has 0 aromatic heterocycles. The monoisotopic (exact) mass is 440 g/mol. The molecule has 0 radical (unpaired) electrons. The van der Waals surface area contributed by atoms with Gasteiger partial charge >= 0.3 is 5.97 Å². The molecule has 0 bridgehead atoms. The van der Waals surface area contributed by atoms with Gasteiger partial charge in [-0.25, -0.2) is 4.79 Å². The molecule has 0 saturated carbocycles. The molecule has 0 aliphatic carbocycles. The van der Waals surface area contributed by atoms with E-state index in [1.807, 2.05) is 24.3 Å². The van der Waals surface area contributed by atoms with Gasteiger partial charge in [0.2, 0.25) is 0 Å². The van der Waals surface area contributed by atoms with Gasteiger partial charge in [-0.2, -0.15) is 0 Å². The summed E-state index contributed by atoms with van der Waals surface area (Å²) in [5.74, 6) is -0.796. The summed E-state index contributed by atoms with van der Waals surface area (Å²) in [7, 11) is 1.23. The summed E-state index contributed by atoms with van der Waals surface area (Å²) in [4.78, 5) is 37.8. The molecule has 2 aromatic rings. The molecule has 2 aromatic carbocycles. The highest BCUT2D eigenvalue weighted by molar-refractivity contribution is 6.32. The number of nitro groups is 1. The van der Waals surface area contributed by atoms with Gasteiger partial charge in [0.05, 0.1) is 23.2 Å². The molecule has 8 heteroatoms. The van der Waals surface area contributed by atoms with Crippen molar-refractivity contribution in [3.63, 3.8) is 0 Å². The van der Waals surface area contributed by atoms with E-state index in [0.29, 0.717) is 17.3 Å². The summed E-state index contributed by atoms with van der Waals surface area (Å²) < 4.78 is 4.89. The number of esters is 1. The molecule has 0 N–H and O–H groups in total. The Balaban J connectivity index is 2.14. The van der Waals surface area contributed by atoms with E-state index in [1.165, 1.54) is 36.3 Å². The largest absolute Gasteiger partial charge is 0.465 e. The summed E-state index contributed by atoms with van der Waals surface area (Å²) in [6.45, 7) is 5.79. The average Bonchev–Trinajstić information content (AvgIpc) is 2.98. The van der Waals surface area contributed by atoms with Crippen LogP contribution in [0.25, 0.3) is 6.08 Å². The minimum Gasteiger partial charge on any atom is -0.465 e. The molecular weight excluding hydrogens is 420 g/mol. The van der Waals surface area contributed by atoms with E-state index in [2.05, 4.69) is 13.8 Å². The normalized spacial score (nSPS) is 15.2. The van der Waals surface area contributed by atoms with Gasteiger partial charge in [0.15, 0.2) is 0 Å². The summed E-state index contributed by atoms with van der Waals surface area (Å²) in [5, 5.41) is 11.3. The van der Waals surface area contributed by atoms with Crippen LogP contribution in [0.3, 0.4) is 0 Å². The van der Waals surface area contributed by atoms with Crippen molar-refractivity contribution in [2.24, 2.45) is 0 Å². The van der Waals surface area contributed by atoms with Crippen LogP contribution in [0.15, 0.2) is 59.3 Å². The van der Waals surface area contributed by atoms with E-state index >= 15 is 0 Å². The first-order chi connectivity index (χ1) is 14.6. The average molecular weight is 441 g/mol. The lowest BCUT2D eigenvalue weighted by molar-refractivity contribution is -0.384. The van der Waals surface area contributed by atoms with Gasteiger partial charge in [0.1, 0.15) is 0 Å². The number of ether oxygens (including phenoxy) is 1. The Kier molecular flexibility index (Phi) is 6.27. The predicted octanol–water partition coefficient (Wildman–Crippen LogP) is 5.25. The van der Waals surface area contributed by atoms with Crippen molar-refractivity contribution in [1.29, 1.82) is 0 Å². The maximum Gasteiger partial charge on any atom is 0.340 e. The number of rotatable bonds is 5. The smallest absolute Gasteiger partial charge is 0.340 e. The number of non-ortho nitro benzene ring substituents is 1. The number of hydrogen-bond acceptors (Lipinski definition) is 5. The second kappa shape index (κ2) is 8.73. The third-order valence-corrected chi connectivity index (χ3v) is 5.44. The van der Waals surface area contributed by atoms with Gasteiger partial charge in [-0.15, -0.1) is 0 Å². The van der Waals surface area contributed by atoms with Crippen LogP contribution in [0.1, 0.15) is 37.8 Å². The lowest BCUT2D eigenvalue weighted by Crippen LogP contribution is -2.24. The standard InChI is InChI=1S/C23H21ClN2O5/c1-13(2)15-5-7-17(8-6-15)25-14(3)21(23(28)31-4)19(22(25)27)12-16-11-18(26(29)30)9-10-20(16)24/h5-13H,1-4H3/b19-12-. The zero-order valence-corrected chi connectivity index (χ0v) is 18.3. The number of nitro benzene ring substituents is 1. The second-order valence-corrected chi connectivity index (χ2v) is 7.77. The van der Waals surface area contributed by atoms with E-state index in [0.717, 1.165) is 5.56 Å². The number of hydrogen-bond donors (Lipinski definition) is 0. The zero-order valence-electron chi connectivity index (χ0n) is 17.5. The van der Waals surface area contributed by atoms with E-state index < -0.39 is 16.8 Å². The Bertz CT molecular complexity index is 1130. The number of carbonyl (C=O) groups excluding carboxylic acids is 2. The van der Waals surface area contributed by atoms with Gasteiger partial charge in [0, 0.05) is 34.1 Å². The maximum absolute atomic E-state index is 13.3. The van der Waals surface area contributed by atoms with Gasteiger partial charge in [-0.05, 0) is 42.7 Å². The van der Waals surface area contributed by atoms with Crippen molar-refractivity contribution >= 4 is 40.9 Å². The molecule has 0 atom stereocenters. The minimum atomic E-state index is -0.681. The van der Waals surface area contributed by atoms with Crippen molar-refractivity contribution < 1.29 is 19.2 Å². The Hall–Kier alpha value is -3.45. The molecule has 0 unspecified atom stereocenters. The van der Waals surface area contributed by atoms with E-state index in [1.54, 1.807) is 6.92 Å². The molecule has 7 nitrogen and oxygen atoms in total. The van der Waals surface area contributed by atoms with Gasteiger partial charge in [-0.1, -0.05) is 37.6 Å². The summed E-state index contributed by atoms with van der Waals surface area (Å²) in [5.41, 5.74) is 2.34. The lowest BCUT2D eigenvalue weighted by Gasteiger charge is -2.19. The van der Waals surface area contributed by atoms with Crippen LogP contribution in [-0.4, -0.2) is 23.9 Å². The Morgan fingerprint density at radius 3 is 2.39 bits per heavy atom. The predicted molar refractivity (Wildman–Crippen MR) is 119 cm³/mol. The fourth-order valence-corrected chi connectivity index (χ4v) is 3.58. The molecule has 0 saturated heterocycles. The van der Waals surface area contributed by atoms with E-state index in [9.17, 15) is 19.7 Å². The summed E-state index contributed by atoms with van der Waals surface area (Å²) >= 11 is 6.20. The third-order valence-electron chi connectivity index (χ3n) is 5.10. The Morgan fingerprint density at radius 2 is 1.84 bits per heavy atom. The van der Waals surface area contributed by atoms with Crippen LogP contribution in [-0.2, 0) is 14.3 Å². The molecule has 0 fully saturated rings. The molecule has 1 aliphatic rings. The van der Waals surface area contributed by atoms with Gasteiger partial charge < -0.3 is 4.74 Å². The number of carbonyl (C=O) groups is 2. The quantitative estimate of drug-likeness (QED) is 0.274. The van der Waals surface area contributed by atoms with Gasteiger partial charge in [-0.3, -0.25) is 19.8 Å². The van der Waals surface area contributed by atoms with E-state index in [-0.39, 0.29) is 27.4 Å². The van der Waals surface area contributed by atoms with Crippen LogP contribution >= 0.6 is 11.6 Å². The van der Waals surface area contributed by atoms with Crippen molar-refractivity contribution in [1.82, 2.24) is 0 Å². The topological polar surface area (TPSA) is 89.8 Å². The Labute approximate surface area is 184 Å². The number of methoxy groups -OCH3 is 1. The SMILES string of the molecule is COC(=O)C1=C(C)N(c2ccc(C(C)C)cc2)C(=O)/C1=C\c1cc([N+](=O)[O-])ccc1Cl. The molecular formula is C23H21ClN2O5. The molecule has 1 amide bonds. The van der Waals surface area contributed by atoms with Crippen LogP contribution in [0.5, 0.6) is 0 Å². The number of amides is 1. The van der Waals surface area contributed by atoms with Gasteiger partial charge in [0.25, 0.3) is 11.6 Å². The zero-order chi connectivity index (χ0) is 22.9. The van der Waals surface area contributed by atoms with Crippen molar-refractivity contribution in [2.45, 2.75) is 26.7 Å². The van der Waals surface area contributed by atoms with Crippen molar-refractivity contribution in [3.05, 3.63) is 85.6 Å². The first-order valence-corrected chi connectivity index (χ1v) is 9.93. The Morgan fingerprint density at radius 1 is 1.19 bits per heavy atom. The maximum atomic E-state index is 13.3. The van der Waals surface area contributed by atoms with E-state index in [4.69, 9.17) is 16.3 Å². The van der Waals surface area contributed by atoms with Crippen molar-refractivity contribution in [3.8, 4) is 0 Å². The summed E-state index contributed by atoms with van der Waals surface area (Å²) in [6, 6.07) is 11.4. The third kappa shape index (κ3) is 4.22. The van der Waals surface area contributed by atoms with Crippen LogP contribution in [0.2, 0.25) is 5.02 Å². The number of benzene rings is 2. The van der Waals surface area contributed by atoms with Crippen molar-refractivity contribution in [2.75, 3.05) is 12.0 Å². The molecule has 1 heterocycles. The molecule has 160 valence electrons. The first kappa shape index (κ1) is 22.2. The minimum absolute atomic E-state index is 0.0553. The molecule has 1 aliphatic heterocycles. The molecule has 3 rings (SSSR count). The second-order valence-electron chi connectivity index (χ2n) is 7.36. The molecule has 31 heavy (non-hydrogen) atoms. The first-order valence-electron chi connectivity index (χ1n) is 9.55.